The van der Waals surface area contributed by atoms with Gasteiger partial charge in [-0.1, -0.05) is 0 Å². The van der Waals surface area contributed by atoms with Gasteiger partial charge in [0.2, 0.25) is 0 Å². The first kappa shape index (κ1) is 23.6. The zero-order valence-corrected chi connectivity index (χ0v) is 16.4. The molecule has 0 saturated carbocycles. The van der Waals surface area contributed by atoms with Crippen molar-refractivity contribution in [2.45, 2.75) is 35.4 Å². The fraction of sp³-hybridized carbons (Fsp3) is 1.00. The van der Waals surface area contributed by atoms with Crippen LogP contribution in [0.5, 0.6) is 0 Å². The Morgan fingerprint density at radius 1 is 0.739 bits per heavy atom. The van der Waals surface area contributed by atoms with Crippen molar-refractivity contribution in [2.75, 3.05) is 52.4 Å². The minimum atomic E-state index is -3.98. The monoisotopic (exact) mass is 395 g/mol. The number of nitrogens with one attached hydrogen (secondary N) is 3. The first-order valence-electron chi connectivity index (χ1n) is 8.29. The van der Waals surface area contributed by atoms with E-state index in [0.29, 0.717) is 13.1 Å². The van der Waals surface area contributed by atoms with Gasteiger partial charge in [-0.2, -0.15) is 0 Å². The third-order valence-corrected chi connectivity index (χ3v) is 7.32. The standard InChI is InChI=1S/C12H27N4.CF3.CH3.ClH.Ti/c1-5-13-7-2-9-15-11-4-12-16-10-3-8-14-6-1;2-1(3)4;;;/h13-15H,1-12H2;;1H3;1H;/q-1;;;;+1. The predicted octanol–water partition coefficient (Wildman–Crippen LogP) is 2.15. The Balaban J connectivity index is 0.00000484. The number of nitrogens with zero attached hydrogens (tertiary/aromatic N) is 1. The van der Waals surface area contributed by atoms with Crippen LogP contribution in [0.25, 0.3) is 0 Å². The molecule has 23 heavy (non-hydrogen) atoms. The normalized spacial score (nSPS) is 21.4. The van der Waals surface area contributed by atoms with Gasteiger partial charge in [0.15, 0.2) is 0 Å². The summed E-state index contributed by atoms with van der Waals surface area (Å²) < 4.78 is 36.8. The quantitative estimate of drug-likeness (QED) is 0.595. The van der Waals surface area contributed by atoms with E-state index in [1.807, 2.05) is 0 Å². The third kappa shape index (κ3) is 11.8. The molecule has 1 aliphatic rings. The molecule has 9 heteroatoms. The molecule has 0 aliphatic carbocycles. The molecular weight excluding hydrogens is 364 g/mol. The van der Waals surface area contributed by atoms with Crippen molar-refractivity contribution in [3.05, 3.63) is 0 Å². The number of halogens is 4. The second-order valence-electron chi connectivity index (χ2n) is 5.73. The summed E-state index contributed by atoms with van der Waals surface area (Å²) in [5.41, 5.74) is 0. The number of alkyl halides is 3. The molecule has 139 valence electrons. The Bertz CT molecular complexity index is 269. The van der Waals surface area contributed by atoms with E-state index in [9.17, 15) is 13.2 Å². The van der Waals surface area contributed by atoms with Crippen LogP contribution >= 0.6 is 12.4 Å². The van der Waals surface area contributed by atoms with Gasteiger partial charge in [-0.3, -0.25) is 0 Å². The van der Waals surface area contributed by atoms with E-state index >= 15 is 0 Å². The molecule has 0 bridgehead atoms. The van der Waals surface area contributed by atoms with E-state index < -0.39 is 22.6 Å². The molecule has 0 aromatic carbocycles. The summed E-state index contributed by atoms with van der Waals surface area (Å²) in [5.74, 6) is 0. The molecule has 0 aromatic heterocycles. The molecule has 0 unspecified atom stereocenters. The van der Waals surface area contributed by atoms with E-state index in [1.165, 1.54) is 5.23 Å². The van der Waals surface area contributed by atoms with Crippen LogP contribution in [0.3, 0.4) is 0 Å². The number of hydrogen-bond acceptors (Lipinski definition) is 4. The van der Waals surface area contributed by atoms with E-state index in [-0.39, 0.29) is 12.4 Å². The van der Waals surface area contributed by atoms with E-state index in [4.69, 9.17) is 0 Å². The van der Waals surface area contributed by atoms with E-state index in [0.717, 1.165) is 65.0 Å². The van der Waals surface area contributed by atoms with Gasteiger partial charge < -0.3 is 0 Å². The zero-order valence-electron chi connectivity index (χ0n) is 14.0. The van der Waals surface area contributed by atoms with Crippen molar-refractivity contribution in [1.29, 1.82) is 0 Å². The first-order chi connectivity index (χ1) is 10.5. The molecule has 0 radical (unpaired) electrons. The van der Waals surface area contributed by atoms with Crippen LogP contribution < -0.4 is 16.0 Å². The van der Waals surface area contributed by atoms with Crippen molar-refractivity contribution in [3.8, 4) is 0 Å². The average molecular weight is 396 g/mol. The predicted molar refractivity (Wildman–Crippen MR) is 87.8 cm³/mol. The van der Waals surface area contributed by atoms with Gasteiger partial charge in [0.25, 0.3) is 0 Å². The molecule has 0 spiro atoms. The molecule has 0 aromatic rings. The Labute approximate surface area is 150 Å². The van der Waals surface area contributed by atoms with Crippen LogP contribution in [0.4, 0.5) is 13.2 Å². The summed E-state index contributed by atoms with van der Waals surface area (Å²) >= 11 is -3.15. The maximum atomic E-state index is 13.0. The van der Waals surface area contributed by atoms with Crippen molar-refractivity contribution in [1.82, 2.24) is 19.3 Å². The zero-order chi connectivity index (χ0) is 16.3. The second-order valence-corrected chi connectivity index (χ2v) is 9.44. The van der Waals surface area contributed by atoms with E-state index in [2.05, 4.69) is 16.0 Å². The van der Waals surface area contributed by atoms with Crippen LogP contribution in [0, 0.1) is 0 Å². The van der Waals surface area contributed by atoms with Gasteiger partial charge in [0.05, 0.1) is 0 Å². The summed E-state index contributed by atoms with van der Waals surface area (Å²) in [4.78, 5) is 0. The van der Waals surface area contributed by atoms with Crippen LogP contribution in [0.2, 0.25) is 5.23 Å². The van der Waals surface area contributed by atoms with Crippen molar-refractivity contribution < 1.29 is 31.3 Å². The second kappa shape index (κ2) is 13.9. The van der Waals surface area contributed by atoms with Crippen LogP contribution in [-0.4, -0.2) is 60.2 Å². The molecule has 4 nitrogen and oxygen atoms in total. The molecule has 1 fully saturated rings. The number of hydrogen-bond donors (Lipinski definition) is 3. The summed E-state index contributed by atoms with van der Waals surface area (Å²) in [6, 6.07) is 0. The van der Waals surface area contributed by atoms with Crippen molar-refractivity contribution in [2.24, 2.45) is 0 Å². The Hall–Kier alpha value is 0.634. The van der Waals surface area contributed by atoms with Crippen molar-refractivity contribution >= 4 is 12.4 Å². The SMILES string of the molecule is Cl.[CH3][Ti]([N]1CCCNCCCNCCCNCCC1)[C](F)(F)F. The fourth-order valence-electron chi connectivity index (χ4n) is 2.47. The first-order valence-corrected chi connectivity index (χ1v) is 11.3. The van der Waals surface area contributed by atoms with Gasteiger partial charge in [-0.25, -0.2) is 0 Å². The van der Waals surface area contributed by atoms with Crippen LogP contribution in [0.15, 0.2) is 0 Å². The molecule has 1 rings (SSSR count). The maximum absolute atomic E-state index is 13.0. The summed E-state index contributed by atoms with van der Waals surface area (Å²) in [7, 11) is 0. The van der Waals surface area contributed by atoms with Gasteiger partial charge in [0, 0.05) is 0 Å². The van der Waals surface area contributed by atoms with Crippen molar-refractivity contribution in [3.63, 3.8) is 0 Å². The molecule has 1 aliphatic heterocycles. The minimum absolute atomic E-state index is 0. The summed E-state index contributed by atoms with van der Waals surface area (Å²) in [6.45, 7) is 6.60. The molecule has 0 atom stereocenters. The fourth-order valence-corrected chi connectivity index (χ4v) is 4.57. The van der Waals surface area contributed by atoms with Crippen LogP contribution in [0.1, 0.15) is 25.7 Å². The topological polar surface area (TPSA) is 39.3 Å². The third-order valence-electron chi connectivity index (χ3n) is 3.86. The van der Waals surface area contributed by atoms with Gasteiger partial charge >= 0.3 is 138 Å². The average Bonchev–Trinajstić information content (AvgIpc) is 2.45. The molecule has 1 saturated heterocycles. The van der Waals surface area contributed by atoms with Gasteiger partial charge in [0.1, 0.15) is 0 Å². The van der Waals surface area contributed by atoms with E-state index in [1.54, 1.807) is 3.38 Å². The Morgan fingerprint density at radius 3 is 1.43 bits per heavy atom. The Kier molecular flexibility index (Phi) is 14.3. The summed E-state index contributed by atoms with van der Waals surface area (Å²) in [6.07, 6.45) is 3.71. The molecule has 3 N–H and O–H groups in total. The molecule has 0 amide bonds. The van der Waals surface area contributed by atoms with Gasteiger partial charge in [-0.15, -0.1) is 12.4 Å². The van der Waals surface area contributed by atoms with Crippen LogP contribution in [-0.2, 0) is 18.1 Å². The molecule has 1 heterocycles. The number of rotatable bonds is 1. The summed E-state index contributed by atoms with van der Waals surface area (Å²) in [5, 5.41) is 11.5. The Morgan fingerprint density at radius 2 is 1.09 bits per heavy atom. The molecular formula is C14H31ClF3N4Ti. The van der Waals surface area contributed by atoms with Gasteiger partial charge in [-0.05, 0) is 0 Å².